The van der Waals surface area contributed by atoms with Crippen LogP contribution in [-0.2, 0) is 5.75 Å². The van der Waals surface area contributed by atoms with E-state index < -0.39 is 5.76 Å². The zero-order valence-electron chi connectivity index (χ0n) is 14.5. The smallest absolute Gasteiger partial charge is 0.289 e. The summed E-state index contributed by atoms with van der Waals surface area (Å²) in [7, 11) is 3.07. The summed E-state index contributed by atoms with van der Waals surface area (Å²) in [4.78, 5) is 0.407. The van der Waals surface area contributed by atoms with E-state index in [1.807, 2.05) is 24.3 Å². The molecule has 10 heteroatoms. The molecule has 0 saturated heterocycles. The number of tetrazole rings is 1. The highest BCUT2D eigenvalue weighted by Crippen LogP contribution is 2.35. The Morgan fingerprint density at radius 2 is 1.85 bits per heavy atom. The summed E-state index contributed by atoms with van der Waals surface area (Å²) in [5, 5.41) is 12.4. The van der Waals surface area contributed by atoms with Crippen LogP contribution in [0.4, 0.5) is 8.78 Å². The predicted molar refractivity (Wildman–Crippen MR) is 100 cm³/mol. The summed E-state index contributed by atoms with van der Waals surface area (Å²) in [5.74, 6) is -0.761. The number of methoxy groups -OCH3 is 2. The maximum Gasteiger partial charge on any atom is 0.289 e. The molecule has 2 aromatic carbocycles. The van der Waals surface area contributed by atoms with Gasteiger partial charge in [-0.15, -0.1) is 5.10 Å². The number of alkyl halides is 2. The van der Waals surface area contributed by atoms with Crippen molar-refractivity contribution in [3.05, 3.63) is 48.0 Å². The first kappa shape index (κ1) is 19.4. The Balaban J connectivity index is 1.73. The molecule has 142 valence electrons. The average molecular weight is 410 g/mol. The summed E-state index contributed by atoms with van der Waals surface area (Å²) in [6, 6.07) is 12.6. The number of hydrogen-bond donors (Lipinski definition) is 0. The first-order valence-corrected chi connectivity index (χ1v) is 9.64. The van der Waals surface area contributed by atoms with E-state index in [-0.39, 0.29) is 0 Å². The molecular formula is C17H16F2N4O2S2. The Morgan fingerprint density at radius 1 is 1.07 bits per heavy atom. The van der Waals surface area contributed by atoms with Gasteiger partial charge < -0.3 is 9.47 Å². The molecule has 1 heterocycles. The van der Waals surface area contributed by atoms with Gasteiger partial charge in [-0.1, -0.05) is 29.6 Å². The molecule has 0 aliphatic carbocycles. The van der Waals surface area contributed by atoms with Crippen molar-refractivity contribution in [2.24, 2.45) is 0 Å². The molecule has 0 bridgehead atoms. The van der Waals surface area contributed by atoms with Crippen LogP contribution in [0, 0.1) is 0 Å². The standard InChI is InChI=1S/C17H16F2N4O2S2/c1-24-13-6-4-12(5-7-13)23-17(20-21-22-23)26-10-11-3-8-15(27-16(18)19)14(9-11)25-2/h3-9,16H,10H2,1-2H3. The number of rotatable bonds is 8. The van der Waals surface area contributed by atoms with Gasteiger partial charge in [-0.25, -0.2) is 0 Å². The number of benzene rings is 2. The molecule has 0 spiro atoms. The van der Waals surface area contributed by atoms with Crippen molar-refractivity contribution in [3.8, 4) is 17.2 Å². The monoisotopic (exact) mass is 410 g/mol. The van der Waals surface area contributed by atoms with E-state index in [1.165, 1.54) is 18.9 Å². The summed E-state index contributed by atoms with van der Waals surface area (Å²) in [6.45, 7) is 0. The highest BCUT2D eigenvalue weighted by molar-refractivity contribution is 7.99. The maximum atomic E-state index is 12.6. The van der Waals surface area contributed by atoms with Gasteiger partial charge in [-0.2, -0.15) is 13.5 Å². The number of thioether (sulfide) groups is 2. The largest absolute Gasteiger partial charge is 0.497 e. The fourth-order valence-corrected chi connectivity index (χ4v) is 3.73. The van der Waals surface area contributed by atoms with Gasteiger partial charge in [0.05, 0.1) is 24.8 Å². The second-order valence-corrected chi connectivity index (χ2v) is 7.20. The van der Waals surface area contributed by atoms with Gasteiger partial charge in [0.15, 0.2) is 0 Å². The summed E-state index contributed by atoms with van der Waals surface area (Å²) in [6.07, 6.45) is 0. The number of ether oxygens (including phenoxy) is 2. The lowest BCUT2D eigenvalue weighted by Crippen LogP contribution is -1.99. The normalized spacial score (nSPS) is 11.0. The molecule has 6 nitrogen and oxygen atoms in total. The summed E-state index contributed by atoms with van der Waals surface area (Å²) >= 11 is 1.90. The minimum absolute atomic E-state index is 0.407. The molecule has 3 aromatic rings. The lowest BCUT2D eigenvalue weighted by Gasteiger charge is -2.10. The second-order valence-electron chi connectivity index (χ2n) is 5.22. The lowest BCUT2D eigenvalue weighted by molar-refractivity contribution is 0.251. The maximum absolute atomic E-state index is 12.6. The van der Waals surface area contributed by atoms with Crippen LogP contribution in [0.5, 0.6) is 11.5 Å². The van der Waals surface area contributed by atoms with Crippen LogP contribution in [0.2, 0.25) is 0 Å². The molecule has 0 saturated carbocycles. The Hall–Kier alpha value is -2.33. The Kier molecular flexibility index (Phi) is 6.51. The van der Waals surface area contributed by atoms with Crippen molar-refractivity contribution in [2.45, 2.75) is 21.6 Å². The van der Waals surface area contributed by atoms with Crippen LogP contribution < -0.4 is 9.47 Å². The third kappa shape index (κ3) is 4.89. The van der Waals surface area contributed by atoms with Crippen LogP contribution in [0.3, 0.4) is 0 Å². The Morgan fingerprint density at radius 3 is 2.52 bits per heavy atom. The van der Waals surface area contributed by atoms with Crippen LogP contribution in [-0.4, -0.2) is 40.2 Å². The van der Waals surface area contributed by atoms with Gasteiger partial charge in [0.25, 0.3) is 5.76 Å². The molecule has 1 aromatic heterocycles. The molecule has 0 aliphatic rings. The number of aromatic nitrogens is 4. The van der Waals surface area contributed by atoms with E-state index >= 15 is 0 Å². The quantitative estimate of drug-likeness (QED) is 0.514. The van der Waals surface area contributed by atoms with E-state index in [2.05, 4.69) is 15.5 Å². The Labute approximate surface area is 163 Å². The first-order valence-electron chi connectivity index (χ1n) is 7.78. The van der Waals surface area contributed by atoms with Crippen molar-refractivity contribution in [3.63, 3.8) is 0 Å². The molecule has 0 amide bonds. The van der Waals surface area contributed by atoms with Crippen molar-refractivity contribution in [1.82, 2.24) is 20.2 Å². The zero-order valence-corrected chi connectivity index (χ0v) is 16.1. The topological polar surface area (TPSA) is 62.1 Å². The van der Waals surface area contributed by atoms with Crippen LogP contribution >= 0.6 is 23.5 Å². The van der Waals surface area contributed by atoms with Gasteiger partial charge in [-0.3, -0.25) is 0 Å². The SMILES string of the molecule is COc1ccc(-n2nnnc2SCc2ccc(SC(F)F)c(OC)c2)cc1. The number of halogens is 2. The summed E-state index contributed by atoms with van der Waals surface area (Å²) < 4.78 is 37.2. The third-order valence-electron chi connectivity index (χ3n) is 3.57. The zero-order chi connectivity index (χ0) is 19.2. The second kappa shape index (κ2) is 9.05. The highest BCUT2D eigenvalue weighted by Gasteiger charge is 2.13. The highest BCUT2D eigenvalue weighted by atomic mass is 32.2. The molecule has 0 radical (unpaired) electrons. The Bertz CT molecular complexity index is 891. The fraction of sp³-hybridized carbons (Fsp3) is 0.235. The average Bonchev–Trinajstić information content (AvgIpc) is 3.15. The minimum atomic E-state index is -2.49. The summed E-state index contributed by atoms with van der Waals surface area (Å²) in [5.41, 5.74) is 1.73. The van der Waals surface area contributed by atoms with E-state index in [9.17, 15) is 8.78 Å². The molecular weight excluding hydrogens is 394 g/mol. The molecule has 0 fully saturated rings. The molecule has 0 unspecified atom stereocenters. The lowest BCUT2D eigenvalue weighted by atomic mass is 10.2. The number of nitrogens with zero attached hydrogens (tertiary/aromatic N) is 4. The molecule has 0 aliphatic heterocycles. The van der Waals surface area contributed by atoms with Gasteiger partial charge in [0.2, 0.25) is 5.16 Å². The van der Waals surface area contributed by atoms with E-state index in [0.717, 1.165) is 17.0 Å². The molecule has 0 atom stereocenters. The van der Waals surface area contributed by atoms with Crippen molar-refractivity contribution in [1.29, 1.82) is 0 Å². The van der Waals surface area contributed by atoms with Gasteiger partial charge in [-0.05, 0) is 52.4 Å². The van der Waals surface area contributed by atoms with E-state index in [0.29, 0.717) is 33.3 Å². The fourth-order valence-electron chi connectivity index (χ4n) is 2.30. The van der Waals surface area contributed by atoms with Crippen molar-refractivity contribution < 1.29 is 18.3 Å². The van der Waals surface area contributed by atoms with Crippen LogP contribution in [0.15, 0.2) is 52.5 Å². The predicted octanol–water partition coefficient (Wildman–Crippen LogP) is 4.29. The minimum Gasteiger partial charge on any atom is -0.497 e. The van der Waals surface area contributed by atoms with Crippen LogP contribution in [0.25, 0.3) is 5.69 Å². The van der Waals surface area contributed by atoms with E-state index in [4.69, 9.17) is 9.47 Å². The van der Waals surface area contributed by atoms with Gasteiger partial charge >= 0.3 is 0 Å². The van der Waals surface area contributed by atoms with Crippen molar-refractivity contribution in [2.75, 3.05) is 14.2 Å². The van der Waals surface area contributed by atoms with E-state index in [1.54, 1.807) is 30.0 Å². The third-order valence-corrected chi connectivity index (χ3v) is 5.33. The number of hydrogen-bond acceptors (Lipinski definition) is 7. The molecule has 0 N–H and O–H groups in total. The molecule has 27 heavy (non-hydrogen) atoms. The van der Waals surface area contributed by atoms with Crippen LogP contribution in [0.1, 0.15) is 5.56 Å². The van der Waals surface area contributed by atoms with Gasteiger partial charge in [0, 0.05) is 5.75 Å². The first-order chi connectivity index (χ1) is 13.1. The van der Waals surface area contributed by atoms with Crippen molar-refractivity contribution >= 4 is 23.5 Å². The molecule has 3 rings (SSSR count). The van der Waals surface area contributed by atoms with Gasteiger partial charge in [0.1, 0.15) is 11.5 Å².